The van der Waals surface area contributed by atoms with Crippen LogP contribution >= 0.6 is 0 Å². The number of nitrogen functional groups attached to an aromatic ring is 1. The van der Waals surface area contributed by atoms with E-state index in [4.69, 9.17) is 5.84 Å². The summed E-state index contributed by atoms with van der Waals surface area (Å²) in [5.74, 6) is 4.13. The summed E-state index contributed by atoms with van der Waals surface area (Å²) in [5, 5.41) is 0. The van der Waals surface area contributed by atoms with Gasteiger partial charge in [-0.2, -0.15) is 0 Å². The van der Waals surface area contributed by atoms with Crippen LogP contribution in [0.3, 0.4) is 0 Å². The molecular weight excluding hydrogens is 214 g/mol. The number of hydrogen-bond donors (Lipinski definition) is 2. The summed E-state index contributed by atoms with van der Waals surface area (Å²) in [6, 6.07) is 3.11. The van der Waals surface area contributed by atoms with Crippen LogP contribution < -0.4 is 11.3 Å². The average Bonchev–Trinajstić information content (AvgIpc) is 2.27. The van der Waals surface area contributed by atoms with E-state index in [0.717, 1.165) is 18.2 Å². The van der Waals surface area contributed by atoms with Crippen LogP contribution in [0.15, 0.2) is 30.6 Å². The zero-order chi connectivity index (χ0) is 11.5. The van der Waals surface area contributed by atoms with Crippen molar-refractivity contribution in [3.63, 3.8) is 0 Å². The molecule has 82 valence electrons. The summed E-state index contributed by atoms with van der Waals surface area (Å²) >= 11 is 0. The molecule has 16 heavy (non-hydrogen) atoms. The van der Waals surface area contributed by atoms with Gasteiger partial charge in [-0.25, -0.2) is 19.6 Å². The molecule has 3 N–H and O–H groups in total. The molecule has 0 atom stereocenters. The lowest BCUT2D eigenvalue weighted by molar-refractivity contribution is 0.584. The second-order valence-corrected chi connectivity index (χ2v) is 3.06. The minimum atomic E-state index is -0.677. The van der Waals surface area contributed by atoms with Gasteiger partial charge in [0, 0.05) is 24.0 Å². The van der Waals surface area contributed by atoms with Gasteiger partial charge in [-0.1, -0.05) is 0 Å². The highest BCUT2D eigenvalue weighted by molar-refractivity contribution is 5.70. The maximum atomic E-state index is 13.0. The van der Waals surface area contributed by atoms with Crippen molar-refractivity contribution < 1.29 is 8.78 Å². The highest BCUT2D eigenvalue weighted by Gasteiger charge is 2.09. The summed E-state index contributed by atoms with van der Waals surface area (Å²) in [6.07, 6.45) is 2.84. The smallest absolute Gasteiger partial charge is 0.166 e. The number of hydrogen-bond acceptors (Lipinski definition) is 4. The molecule has 0 radical (unpaired) electrons. The number of nitrogens with two attached hydrogens (primary N) is 1. The minimum absolute atomic E-state index is 0.257. The van der Waals surface area contributed by atoms with Crippen molar-refractivity contribution in [3.05, 3.63) is 42.2 Å². The largest absolute Gasteiger partial charge is 0.307 e. The van der Waals surface area contributed by atoms with Gasteiger partial charge in [0.2, 0.25) is 0 Å². The quantitative estimate of drug-likeness (QED) is 0.599. The first kappa shape index (κ1) is 10.4. The molecule has 4 nitrogen and oxygen atoms in total. The van der Waals surface area contributed by atoms with Gasteiger partial charge in [0.1, 0.15) is 17.3 Å². The summed E-state index contributed by atoms with van der Waals surface area (Å²) in [5.41, 5.74) is 2.89. The van der Waals surface area contributed by atoms with Crippen LogP contribution in [-0.4, -0.2) is 9.97 Å². The van der Waals surface area contributed by atoms with Crippen molar-refractivity contribution in [1.82, 2.24) is 9.97 Å². The Labute approximate surface area is 90.1 Å². The summed E-state index contributed by atoms with van der Waals surface area (Å²) < 4.78 is 26.0. The molecule has 1 aromatic carbocycles. The molecule has 0 bridgehead atoms. The zero-order valence-corrected chi connectivity index (χ0v) is 8.11. The fourth-order valence-electron chi connectivity index (χ4n) is 1.35. The lowest BCUT2D eigenvalue weighted by atomic mass is 10.1. The van der Waals surface area contributed by atoms with E-state index in [1.807, 2.05) is 0 Å². The van der Waals surface area contributed by atoms with Gasteiger partial charge in [-0.05, 0) is 12.1 Å². The first-order valence-corrected chi connectivity index (χ1v) is 4.45. The van der Waals surface area contributed by atoms with Gasteiger partial charge in [0.05, 0.1) is 0 Å². The third kappa shape index (κ3) is 1.96. The van der Waals surface area contributed by atoms with Gasteiger partial charge in [-0.15, -0.1) is 0 Å². The van der Waals surface area contributed by atoms with E-state index in [1.54, 1.807) is 0 Å². The van der Waals surface area contributed by atoms with Crippen LogP contribution in [0, 0.1) is 11.6 Å². The first-order chi connectivity index (χ1) is 7.70. The molecule has 0 aliphatic heterocycles. The molecule has 6 heteroatoms. The molecule has 1 heterocycles. The number of anilines is 1. The zero-order valence-electron chi connectivity index (χ0n) is 8.11. The van der Waals surface area contributed by atoms with E-state index in [1.165, 1.54) is 12.4 Å². The van der Waals surface area contributed by atoms with E-state index in [2.05, 4.69) is 15.4 Å². The fraction of sp³-hybridized carbons (Fsp3) is 0. The van der Waals surface area contributed by atoms with Crippen LogP contribution in [0.25, 0.3) is 11.3 Å². The van der Waals surface area contributed by atoms with E-state index in [0.29, 0.717) is 5.69 Å². The van der Waals surface area contributed by atoms with Crippen molar-refractivity contribution in [3.8, 4) is 11.3 Å². The molecule has 0 spiro atoms. The van der Waals surface area contributed by atoms with Crippen molar-refractivity contribution in [2.24, 2.45) is 5.84 Å². The van der Waals surface area contributed by atoms with Crippen LogP contribution in [-0.2, 0) is 0 Å². The lowest BCUT2D eigenvalue weighted by Gasteiger charge is -2.06. The number of benzene rings is 1. The highest BCUT2D eigenvalue weighted by Crippen LogP contribution is 2.24. The minimum Gasteiger partial charge on any atom is -0.307 e. The standard InChI is InChI=1S/C10H8F2N4/c11-7-3-6(4-8(12)5-7)9-10(16-13)15-2-1-14-9/h1-5H,13H2,(H,15,16). The first-order valence-electron chi connectivity index (χ1n) is 4.45. The van der Waals surface area contributed by atoms with Gasteiger partial charge in [0.15, 0.2) is 5.82 Å². The average molecular weight is 222 g/mol. The van der Waals surface area contributed by atoms with Crippen molar-refractivity contribution in [1.29, 1.82) is 0 Å². The highest BCUT2D eigenvalue weighted by atomic mass is 19.1. The molecule has 0 unspecified atom stereocenters. The van der Waals surface area contributed by atoms with Crippen LogP contribution in [0.4, 0.5) is 14.6 Å². The Morgan fingerprint density at radius 3 is 2.25 bits per heavy atom. The molecule has 0 aliphatic carbocycles. The Balaban J connectivity index is 2.58. The number of nitrogens with zero attached hydrogens (tertiary/aromatic N) is 2. The van der Waals surface area contributed by atoms with E-state index in [9.17, 15) is 8.78 Å². The maximum absolute atomic E-state index is 13.0. The Morgan fingerprint density at radius 2 is 1.62 bits per heavy atom. The second-order valence-electron chi connectivity index (χ2n) is 3.06. The van der Waals surface area contributed by atoms with Crippen LogP contribution in [0.2, 0.25) is 0 Å². The number of rotatable bonds is 2. The number of aromatic nitrogens is 2. The predicted molar refractivity (Wildman–Crippen MR) is 55.2 cm³/mol. The molecule has 2 rings (SSSR count). The van der Waals surface area contributed by atoms with Gasteiger partial charge < -0.3 is 5.43 Å². The van der Waals surface area contributed by atoms with Crippen molar-refractivity contribution in [2.45, 2.75) is 0 Å². The van der Waals surface area contributed by atoms with Crippen molar-refractivity contribution in [2.75, 3.05) is 5.43 Å². The Kier molecular flexibility index (Phi) is 2.74. The van der Waals surface area contributed by atoms with E-state index in [-0.39, 0.29) is 11.4 Å². The summed E-state index contributed by atoms with van der Waals surface area (Å²) in [4.78, 5) is 7.85. The third-order valence-electron chi connectivity index (χ3n) is 1.97. The number of nitrogens with one attached hydrogen (secondary N) is 1. The molecule has 2 aromatic rings. The van der Waals surface area contributed by atoms with Crippen LogP contribution in [0.5, 0.6) is 0 Å². The van der Waals surface area contributed by atoms with Crippen molar-refractivity contribution >= 4 is 5.82 Å². The van der Waals surface area contributed by atoms with E-state index < -0.39 is 11.6 Å². The molecule has 0 saturated heterocycles. The van der Waals surface area contributed by atoms with Gasteiger partial charge >= 0.3 is 0 Å². The monoisotopic (exact) mass is 222 g/mol. The third-order valence-corrected chi connectivity index (χ3v) is 1.97. The topological polar surface area (TPSA) is 63.8 Å². The Hall–Kier alpha value is -2.08. The van der Waals surface area contributed by atoms with Crippen LogP contribution in [0.1, 0.15) is 0 Å². The second kappa shape index (κ2) is 4.19. The molecule has 0 fully saturated rings. The fourth-order valence-corrected chi connectivity index (χ4v) is 1.35. The van der Waals surface area contributed by atoms with Gasteiger partial charge in [-0.3, -0.25) is 4.98 Å². The maximum Gasteiger partial charge on any atom is 0.166 e. The Morgan fingerprint density at radius 1 is 1.00 bits per heavy atom. The molecular formula is C10H8F2N4. The summed E-state index contributed by atoms with van der Waals surface area (Å²) in [6.45, 7) is 0. The summed E-state index contributed by atoms with van der Waals surface area (Å²) in [7, 11) is 0. The number of halogens is 2. The SMILES string of the molecule is NNc1nccnc1-c1cc(F)cc(F)c1. The lowest BCUT2D eigenvalue weighted by Crippen LogP contribution is -2.10. The van der Waals surface area contributed by atoms with E-state index >= 15 is 0 Å². The van der Waals surface area contributed by atoms with Gasteiger partial charge in [0.25, 0.3) is 0 Å². The number of hydrazine groups is 1. The normalized spacial score (nSPS) is 10.2. The molecule has 0 amide bonds. The molecule has 1 aromatic heterocycles. The molecule has 0 aliphatic rings. The molecule has 0 saturated carbocycles. The Bertz CT molecular complexity index is 496. The predicted octanol–water partition coefficient (Wildman–Crippen LogP) is 1.71.